The van der Waals surface area contributed by atoms with Gasteiger partial charge in [-0.3, -0.25) is 10.1 Å². The normalized spacial score (nSPS) is 17.1. The van der Waals surface area contributed by atoms with Crippen molar-refractivity contribution >= 4 is 11.4 Å². The predicted molar refractivity (Wildman–Crippen MR) is 82.7 cm³/mol. The van der Waals surface area contributed by atoms with E-state index in [9.17, 15) is 10.1 Å². The average Bonchev–Trinajstić information content (AvgIpc) is 3.29. The van der Waals surface area contributed by atoms with E-state index in [4.69, 9.17) is 10.5 Å². The van der Waals surface area contributed by atoms with Gasteiger partial charge in [-0.05, 0) is 44.2 Å². The minimum absolute atomic E-state index is 0.00808. The Bertz CT molecular complexity index is 517. The largest absolute Gasteiger partial charge is 0.487 e. The lowest BCUT2D eigenvalue weighted by Gasteiger charge is -2.30. The van der Waals surface area contributed by atoms with Crippen LogP contribution in [-0.4, -0.2) is 23.6 Å². The number of nitrogens with two attached hydrogens (primary N) is 1. The van der Waals surface area contributed by atoms with Gasteiger partial charge in [-0.2, -0.15) is 0 Å². The quantitative estimate of drug-likeness (QED) is 0.568. The van der Waals surface area contributed by atoms with E-state index in [1.807, 2.05) is 13.8 Å². The van der Waals surface area contributed by atoms with Crippen molar-refractivity contribution in [2.45, 2.75) is 38.6 Å². The van der Waals surface area contributed by atoms with Crippen molar-refractivity contribution in [3.8, 4) is 5.75 Å². The van der Waals surface area contributed by atoms with Crippen LogP contribution in [-0.2, 0) is 0 Å². The molecule has 1 fully saturated rings. The van der Waals surface area contributed by atoms with Crippen molar-refractivity contribution in [3.63, 3.8) is 0 Å². The van der Waals surface area contributed by atoms with E-state index in [2.05, 4.69) is 5.32 Å². The molecule has 0 amide bonds. The van der Waals surface area contributed by atoms with E-state index >= 15 is 0 Å². The molecule has 1 atom stereocenters. The Morgan fingerprint density at radius 1 is 1.52 bits per heavy atom. The monoisotopic (exact) mass is 293 g/mol. The number of para-hydroxylation sites is 1. The molecular formula is C15H23N3O3. The van der Waals surface area contributed by atoms with Crippen LogP contribution in [0, 0.1) is 16.0 Å². The minimum Gasteiger partial charge on any atom is -0.487 e. The number of hydrogen-bond donors (Lipinski definition) is 2. The fourth-order valence-corrected chi connectivity index (χ4v) is 2.49. The number of anilines is 1. The van der Waals surface area contributed by atoms with E-state index in [1.165, 1.54) is 0 Å². The molecule has 0 aromatic heterocycles. The summed E-state index contributed by atoms with van der Waals surface area (Å²) in [5.74, 6) is 0.782. The number of nitrogens with zero attached hydrogens (tertiary/aromatic N) is 1. The van der Waals surface area contributed by atoms with E-state index in [1.54, 1.807) is 18.2 Å². The summed E-state index contributed by atoms with van der Waals surface area (Å²) in [5, 5.41) is 14.7. The van der Waals surface area contributed by atoms with E-state index < -0.39 is 4.92 Å². The second-order valence-electron chi connectivity index (χ2n) is 5.78. The summed E-state index contributed by atoms with van der Waals surface area (Å²) in [6, 6.07) is 5.12. The molecule has 3 N–H and O–H groups in total. The molecule has 0 radical (unpaired) electrons. The highest BCUT2D eigenvalue weighted by molar-refractivity contribution is 5.69. The maximum Gasteiger partial charge on any atom is 0.333 e. The predicted octanol–water partition coefficient (Wildman–Crippen LogP) is 2.92. The van der Waals surface area contributed by atoms with Crippen LogP contribution < -0.4 is 15.8 Å². The maximum absolute atomic E-state index is 11.4. The highest BCUT2D eigenvalue weighted by Crippen LogP contribution is 2.43. The number of ether oxygens (including phenoxy) is 1. The van der Waals surface area contributed by atoms with Crippen molar-refractivity contribution in [1.29, 1.82) is 0 Å². The summed E-state index contributed by atoms with van der Waals surface area (Å²) in [4.78, 5) is 11.0. The topological polar surface area (TPSA) is 90.4 Å². The molecule has 1 aromatic rings. The zero-order valence-electron chi connectivity index (χ0n) is 12.6. The van der Waals surface area contributed by atoms with Crippen LogP contribution in [0.5, 0.6) is 5.75 Å². The summed E-state index contributed by atoms with van der Waals surface area (Å²) >= 11 is 0. The zero-order valence-corrected chi connectivity index (χ0v) is 12.6. The molecule has 21 heavy (non-hydrogen) atoms. The Balaban J connectivity index is 2.31. The minimum atomic E-state index is -0.392. The van der Waals surface area contributed by atoms with E-state index in [-0.39, 0.29) is 11.2 Å². The van der Waals surface area contributed by atoms with Crippen molar-refractivity contribution in [2.24, 2.45) is 11.7 Å². The van der Waals surface area contributed by atoms with Crippen LogP contribution in [0.15, 0.2) is 18.2 Å². The molecule has 1 saturated carbocycles. The van der Waals surface area contributed by atoms with Gasteiger partial charge in [0.05, 0.1) is 11.5 Å². The third-order valence-electron chi connectivity index (χ3n) is 3.97. The SMILES string of the molecule is CCCOc1cccc(NC(C)(CN)C2CC2)c1[N+](=O)[O-]. The van der Waals surface area contributed by atoms with Crippen molar-refractivity contribution < 1.29 is 9.66 Å². The molecule has 6 nitrogen and oxygen atoms in total. The van der Waals surface area contributed by atoms with Gasteiger partial charge in [0.25, 0.3) is 0 Å². The standard InChI is InChI=1S/C15H23N3O3/c1-3-9-21-13-6-4-5-12(14(13)18(19)20)17-15(2,10-16)11-7-8-11/h4-6,11,17H,3,7-10,16H2,1-2H3. The van der Waals surface area contributed by atoms with E-state index in [0.29, 0.717) is 30.5 Å². The Morgan fingerprint density at radius 3 is 2.76 bits per heavy atom. The number of nitro groups is 1. The van der Waals surface area contributed by atoms with Crippen molar-refractivity contribution in [2.75, 3.05) is 18.5 Å². The molecule has 1 aromatic carbocycles. The highest BCUT2D eigenvalue weighted by atomic mass is 16.6. The number of benzene rings is 1. The Morgan fingerprint density at radius 2 is 2.24 bits per heavy atom. The molecule has 0 heterocycles. The lowest BCUT2D eigenvalue weighted by atomic mass is 9.95. The molecule has 2 rings (SSSR count). The van der Waals surface area contributed by atoms with Crippen molar-refractivity contribution in [3.05, 3.63) is 28.3 Å². The number of hydrogen-bond acceptors (Lipinski definition) is 5. The van der Waals surface area contributed by atoms with Crippen LogP contribution in [0.2, 0.25) is 0 Å². The van der Waals surface area contributed by atoms with Gasteiger partial charge in [0, 0.05) is 12.1 Å². The molecule has 0 saturated heterocycles. The van der Waals surface area contributed by atoms with Gasteiger partial charge in [-0.15, -0.1) is 0 Å². The number of nitrogens with one attached hydrogen (secondary N) is 1. The molecular weight excluding hydrogens is 270 g/mol. The first-order valence-electron chi connectivity index (χ1n) is 7.40. The van der Waals surface area contributed by atoms with Crippen LogP contribution in [0.4, 0.5) is 11.4 Å². The third kappa shape index (κ3) is 3.44. The van der Waals surface area contributed by atoms with E-state index in [0.717, 1.165) is 19.3 Å². The second kappa shape index (κ2) is 6.30. The molecule has 0 aliphatic heterocycles. The summed E-state index contributed by atoms with van der Waals surface area (Å²) < 4.78 is 5.50. The summed E-state index contributed by atoms with van der Waals surface area (Å²) in [5.41, 5.74) is 6.04. The van der Waals surface area contributed by atoms with Gasteiger partial charge < -0.3 is 15.8 Å². The Hall–Kier alpha value is -1.82. The third-order valence-corrected chi connectivity index (χ3v) is 3.97. The first kappa shape index (κ1) is 15.6. The van der Waals surface area contributed by atoms with Crippen LogP contribution >= 0.6 is 0 Å². The molecule has 0 spiro atoms. The molecule has 1 aliphatic carbocycles. The summed E-state index contributed by atoms with van der Waals surface area (Å²) in [7, 11) is 0. The first-order valence-corrected chi connectivity index (χ1v) is 7.40. The van der Waals surface area contributed by atoms with Crippen LogP contribution in [0.25, 0.3) is 0 Å². The summed E-state index contributed by atoms with van der Waals surface area (Å²) in [6.45, 7) is 4.89. The number of rotatable bonds is 8. The van der Waals surface area contributed by atoms with Gasteiger partial charge in [0.2, 0.25) is 0 Å². The molecule has 116 valence electrons. The van der Waals surface area contributed by atoms with Gasteiger partial charge in [0.15, 0.2) is 5.75 Å². The Kier molecular flexibility index (Phi) is 4.67. The fourth-order valence-electron chi connectivity index (χ4n) is 2.49. The maximum atomic E-state index is 11.4. The second-order valence-corrected chi connectivity index (χ2v) is 5.78. The molecule has 0 bridgehead atoms. The summed E-state index contributed by atoms with van der Waals surface area (Å²) in [6.07, 6.45) is 3.03. The highest BCUT2D eigenvalue weighted by Gasteiger charge is 2.41. The van der Waals surface area contributed by atoms with Gasteiger partial charge in [-0.25, -0.2) is 0 Å². The van der Waals surface area contributed by atoms with Crippen molar-refractivity contribution in [1.82, 2.24) is 0 Å². The lowest BCUT2D eigenvalue weighted by molar-refractivity contribution is -0.385. The van der Waals surface area contributed by atoms with Crippen LogP contribution in [0.1, 0.15) is 33.1 Å². The lowest BCUT2D eigenvalue weighted by Crippen LogP contribution is -2.44. The molecule has 1 unspecified atom stereocenters. The molecule has 6 heteroatoms. The average molecular weight is 293 g/mol. The molecule has 1 aliphatic rings. The van der Waals surface area contributed by atoms with Gasteiger partial charge in [-0.1, -0.05) is 13.0 Å². The van der Waals surface area contributed by atoms with Gasteiger partial charge >= 0.3 is 5.69 Å². The Labute approximate surface area is 124 Å². The van der Waals surface area contributed by atoms with Crippen LogP contribution in [0.3, 0.4) is 0 Å². The fraction of sp³-hybridized carbons (Fsp3) is 0.600. The van der Waals surface area contributed by atoms with Gasteiger partial charge in [0.1, 0.15) is 5.69 Å². The number of nitro benzene ring substituents is 1. The smallest absolute Gasteiger partial charge is 0.333 e. The first-order chi connectivity index (χ1) is 10.0. The zero-order chi connectivity index (χ0) is 15.5.